The van der Waals surface area contributed by atoms with Crippen LogP contribution in [0.3, 0.4) is 0 Å². The summed E-state index contributed by atoms with van der Waals surface area (Å²) >= 11 is 0. The van der Waals surface area contributed by atoms with Gasteiger partial charge in [0.15, 0.2) is 0 Å². The summed E-state index contributed by atoms with van der Waals surface area (Å²) in [4.78, 5) is 2.35. The third-order valence-corrected chi connectivity index (χ3v) is 6.00. The lowest BCUT2D eigenvalue weighted by Gasteiger charge is -2.46. The molecule has 0 saturated carbocycles. The Kier molecular flexibility index (Phi) is 4.79. The minimum Gasteiger partial charge on any atom is -0.507 e. The summed E-state index contributed by atoms with van der Waals surface area (Å²) in [6.07, 6.45) is -3.10. The Morgan fingerprint density at radius 1 is 1.14 bits per heavy atom. The first-order chi connectivity index (χ1) is 13.2. The fourth-order valence-corrected chi connectivity index (χ4v) is 4.41. The third-order valence-electron chi connectivity index (χ3n) is 6.00. The first-order valence-corrected chi connectivity index (χ1v) is 9.39. The molecule has 2 bridgehead atoms. The monoisotopic (exact) mass is 393 g/mol. The highest BCUT2D eigenvalue weighted by atomic mass is 19.4. The minimum absolute atomic E-state index is 0.113. The molecule has 3 fully saturated rings. The topological polar surface area (TPSA) is 69.5 Å². The average molecular weight is 393 g/mol. The van der Waals surface area contributed by atoms with E-state index in [2.05, 4.69) is 15.1 Å². The van der Waals surface area contributed by atoms with Gasteiger partial charge in [-0.3, -0.25) is 0 Å². The van der Waals surface area contributed by atoms with Gasteiger partial charge in [-0.2, -0.15) is 18.3 Å². The van der Waals surface area contributed by atoms with Crippen molar-refractivity contribution in [2.45, 2.75) is 32.0 Å². The van der Waals surface area contributed by atoms with Crippen molar-refractivity contribution in [1.82, 2.24) is 15.1 Å². The first-order valence-electron chi connectivity index (χ1n) is 9.39. The van der Waals surface area contributed by atoms with E-state index in [9.17, 15) is 23.4 Å². The van der Waals surface area contributed by atoms with Crippen LogP contribution in [0.25, 0.3) is 11.3 Å². The molecule has 28 heavy (non-hydrogen) atoms. The fraction of sp³-hybridized carbons (Fsp3) is 0.500. The normalized spacial score (nSPS) is 25.7. The number of phenolic OH excluding ortho intramolecular Hbond substituents is 1. The molecule has 1 aromatic carbocycles. The van der Waals surface area contributed by atoms with E-state index < -0.39 is 23.6 Å². The van der Waals surface area contributed by atoms with Gasteiger partial charge in [-0.1, -0.05) is 0 Å². The summed E-state index contributed by atoms with van der Waals surface area (Å²) in [5.74, 6) is 0.0835. The number of aliphatic hydroxyl groups is 1. The largest absolute Gasteiger partial charge is 0.507 e. The van der Waals surface area contributed by atoms with Crippen LogP contribution in [0.1, 0.15) is 35.8 Å². The van der Waals surface area contributed by atoms with E-state index in [0.29, 0.717) is 28.9 Å². The zero-order valence-electron chi connectivity index (χ0n) is 15.4. The van der Waals surface area contributed by atoms with E-state index in [1.54, 1.807) is 13.0 Å². The van der Waals surface area contributed by atoms with Crippen LogP contribution in [0.2, 0.25) is 0 Å². The highest BCUT2D eigenvalue weighted by Gasteiger charge is 2.39. The molecule has 3 aliphatic rings. The zero-order valence-corrected chi connectivity index (χ0v) is 15.4. The van der Waals surface area contributed by atoms with Gasteiger partial charge in [0.1, 0.15) is 11.9 Å². The van der Waals surface area contributed by atoms with Gasteiger partial charge in [-0.15, -0.1) is 5.10 Å². The van der Waals surface area contributed by atoms with Crippen molar-refractivity contribution in [3.8, 4) is 17.0 Å². The van der Waals surface area contributed by atoms with Crippen molar-refractivity contribution in [2.75, 3.05) is 19.6 Å². The SMILES string of the molecule is Cc1cc([C@H](O)[C@H]2CN3CCC2CC3)nnc1-c1ccc(C(F)(F)F)cc1O. The van der Waals surface area contributed by atoms with Crippen LogP contribution in [0, 0.1) is 18.8 Å². The maximum Gasteiger partial charge on any atom is 0.416 e. The lowest BCUT2D eigenvalue weighted by molar-refractivity contribution is -0.137. The maximum atomic E-state index is 12.8. The third kappa shape index (κ3) is 3.46. The molecule has 0 radical (unpaired) electrons. The van der Waals surface area contributed by atoms with Gasteiger partial charge in [-0.25, -0.2) is 0 Å². The number of hydrogen-bond acceptors (Lipinski definition) is 5. The van der Waals surface area contributed by atoms with Crippen molar-refractivity contribution in [1.29, 1.82) is 0 Å². The Morgan fingerprint density at radius 3 is 2.39 bits per heavy atom. The van der Waals surface area contributed by atoms with Gasteiger partial charge in [0, 0.05) is 18.0 Å². The van der Waals surface area contributed by atoms with Gasteiger partial charge < -0.3 is 15.1 Å². The van der Waals surface area contributed by atoms with Crippen LogP contribution < -0.4 is 0 Å². The second-order valence-electron chi connectivity index (χ2n) is 7.78. The van der Waals surface area contributed by atoms with E-state index in [4.69, 9.17) is 0 Å². The van der Waals surface area contributed by atoms with E-state index in [0.717, 1.165) is 38.5 Å². The molecule has 3 saturated heterocycles. The summed E-state index contributed by atoms with van der Waals surface area (Å²) in [7, 11) is 0. The molecule has 0 spiro atoms. The van der Waals surface area contributed by atoms with Gasteiger partial charge >= 0.3 is 6.18 Å². The van der Waals surface area contributed by atoms with Gasteiger partial charge in [0.05, 0.1) is 17.0 Å². The van der Waals surface area contributed by atoms with Crippen molar-refractivity contribution < 1.29 is 23.4 Å². The zero-order chi connectivity index (χ0) is 20.1. The van der Waals surface area contributed by atoms with Gasteiger partial charge in [-0.05, 0) is 68.6 Å². The second-order valence-corrected chi connectivity index (χ2v) is 7.78. The quantitative estimate of drug-likeness (QED) is 0.835. The summed E-state index contributed by atoms with van der Waals surface area (Å²) in [6, 6.07) is 4.50. The second kappa shape index (κ2) is 7.00. The number of aromatic nitrogens is 2. The molecule has 5 nitrogen and oxygen atoms in total. The number of halogens is 3. The Morgan fingerprint density at radius 2 is 1.86 bits per heavy atom. The van der Waals surface area contributed by atoms with Crippen LogP contribution in [0.4, 0.5) is 13.2 Å². The van der Waals surface area contributed by atoms with E-state index in [1.807, 2.05) is 0 Å². The van der Waals surface area contributed by atoms with Crippen LogP contribution in [-0.4, -0.2) is 44.9 Å². The Bertz CT molecular complexity index is 879. The molecule has 1 aromatic heterocycles. The van der Waals surface area contributed by atoms with Crippen LogP contribution in [0.5, 0.6) is 5.75 Å². The summed E-state index contributed by atoms with van der Waals surface area (Å²) in [6.45, 7) is 4.73. The average Bonchev–Trinajstić information content (AvgIpc) is 2.68. The predicted octanol–water partition coefficient (Wildman–Crippen LogP) is 3.55. The molecule has 0 aliphatic carbocycles. The molecule has 5 rings (SSSR count). The minimum atomic E-state index is -4.53. The lowest BCUT2D eigenvalue weighted by Crippen LogP contribution is -2.49. The summed E-state index contributed by atoms with van der Waals surface area (Å²) < 4.78 is 38.4. The molecule has 0 unspecified atom stereocenters. The molecule has 3 aliphatic heterocycles. The molecular formula is C20H22F3N3O2. The number of fused-ring (bicyclic) bond motifs is 3. The number of hydrogen-bond donors (Lipinski definition) is 2. The Balaban J connectivity index is 1.60. The Labute approximate surface area is 160 Å². The molecule has 2 aromatic rings. The van der Waals surface area contributed by atoms with E-state index in [-0.39, 0.29) is 11.5 Å². The van der Waals surface area contributed by atoms with Crippen LogP contribution in [-0.2, 0) is 6.18 Å². The van der Waals surface area contributed by atoms with Crippen molar-refractivity contribution in [3.63, 3.8) is 0 Å². The van der Waals surface area contributed by atoms with Crippen molar-refractivity contribution in [3.05, 3.63) is 41.1 Å². The number of nitrogens with zero attached hydrogens (tertiary/aromatic N) is 3. The number of aromatic hydroxyl groups is 1. The van der Waals surface area contributed by atoms with Gasteiger partial charge in [0.25, 0.3) is 0 Å². The summed E-state index contributed by atoms with van der Waals surface area (Å²) in [5, 5.41) is 29.1. The lowest BCUT2D eigenvalue weighted by atomic mass is 9.75. The number of aryl methyl sites for hydroxylation is 1. The number of alkyl halides is 3. The molecular weight excluding hydrogens is 371 g/mol. The fourth-order valence-electron chi connectivity index (χ4n) is 4.41. The first kappa shape index (κ1) is 19.1. The number of aliphatic hydroxyl groups excluding tert-OH is 1. The molecule has 4 heterocycles. The number of phenols is 1. The molecule has 2 N–H and O–H groups in total. The van der Waals surface area contributed by atoms with Crippen LogP contribution >= 0.6 is 0 Å². The standard InChI is InChI=1S/C20H22F3N3O2/c1-11-8-16(19(28)15-10-26-6-4-12(15)5-7-26)24-25-18(11)14-3-2-13(9-17(14)27)20(21,22)23/h2-3,8-9,12,15,19,27-28H,4-7,10H2,1H3/t15-,19+/m0/s1. The molecule has 150 valence electrons. The van der Waals surface area contributed by atoms with E-state index >= 15 is 0 Å². The smallest absolute Gasteiger partial charge is 0.416 e. The van der Waals surface area contributed by atoms with Gasteiger partial charge in [0.2, 0.25) is 0 Å². The number of benzene rings is 1. The highest BCUT2D eigenvalue weighted by Crippen LogP contribution is 2.40. The van der Waals surface area contributed by atoms with Crippen molar-refractivity contribution >= 4 is 0 Å². The highest BCUT2D eigenvalue weighted by molar-refractivity contribution is 5.69. The molecule has 8 heteroatoms. The number of piperidine rings is 3. The maximum absolute atomic E-state index is 12.8. The molecule has 2 atom stereocenters. The van der Waals surface area contributed by atoms with E-state index in [1.165, 1.54) is 6.07 Å². The molecule has 0 amide bonds. The Hall–Kier alpha value is -2.19. The van der Waals surface area contributed by atoms with Crippen LogP contribution in [0.15, 0.2) is 24.3 Å². The van der Waals surface area contributed by atoms with Crippen molar-refractivity contribution in [2.24, 2.45) is 11.8 Å². The summed E-state index contributed by atoms with van der Waals surface area (Å²) in [5.41, 5.74) is 0.665. The number of rotatable bonds is 3. The predicted molar refractivity (Wildman–Crippen MR) is 96.5 cm³/mol.